The van der Waals surface area contributed by atoms with Crippen molar-refractivity contribution >= 4 is 43.3 Å². The first-order chi connectivity index (χ1) is 10.7. The van der Waals surface area contributed by atoms with Crippen molar-refractivity contribution in [3.8, 4) is 5.75 Å². The van der Waals surface area contributed by atoms with Gasteiger partial charge in [0.1, 0.15) is 4.88 Å². The largest absolute Gasteiger partial charge is 0.489 e. The highest BCUT2D eigenvalue weighted by molar-refractivity contribution is 9.10. The molecule has 2 rings (SSSR count). The molecule has 1 heterocycles. The molecule has 1 aromatic heterocycles. The lowest BCUT2D eigenvalue weighted by molar-refractivity contribution is -0.136. The van der Waals surface area contributed by atoms with Gasteiger partial charge in [-0.05, 0) is 34.5 Å². The number of halogens is 5. The normalized spacial score (nSPS) is 11.7. The van der Waals surface area contributed by atoms with Crippen molar-refractivity contribution in [3.05, 3.63) is 27.3 Å². The quantitative estimate of drug-likeness (QED) is 0.377. The number of carbonyl (C=O) groups is 1. The summed E-state index contributed by atoms with van der Waals surface area (Å²) < 4.78 is 60.9. The lowest BCUT2D eigenvalue weighted by atomic mass is 10.2. The first-order valence-electron chi connectivity index (χ1n) is 6.43. The van der Waals surface area contributed by atoms with Gasteiger partial charge in [0, 0.05) is 11.8 Å². The fourth-order valence-corrected chi connectivity index (χ4v) is 3.85. The fourth-order valence-electron chi connectivity index (χ4n) is 1.89. The molecule has 1 aromatic carbocycles. The summed E-state index contributed by atoms with van der Waals surface area (Å²) in [4.78, 5) is 11.9. The van der Waals surface area contributed by atoms with E-state index in [4.69, 9.17) is 4.74 Å². The summed E-state index contributed by atoms with van der Waals surface area (Å²) in [5.74, 6) is -1.46. The van der Waals surface area contributed by atoms with E-state index in [9.17, 15) is 22.4 Å². The number of thiophene rings is 1. The smallest absolute Gasteiger partial charge is 0.389 e. The third-order valence-electron chi connectivity index (χ3n) is 2.93. The summed E-state index contributed by atoms with van der Waals surface area (Å²) in [5, 5.41) is 0.530. The lowest BCUT2D eigenvalue weighted by Crippen LogP contribution is -2.10. The first kappa shape index (κ1) is 18.0. The maximum atomic E-state index is 13.9. The van der Waals surface area contributed by atoms with Crippen molar-refractivity contribution in [1.82, 2.24) is 0 Å². The average Bonchev–Trinajstić information content (AvgIpc) is 2.81. The Morgan fingerprint density at radius 3 is 2.65 bits per heavy atom. The second-order valence-electron chi connectivity index (χ2n) is 4.56. The van der Waals surface area contributed by atoms with E-state index >= 15 is 0 Å². The molecule has 0 saturated heterocycles. The van der Waals surface area contributed by atoms with Crippen LogP contribution in [0.15, 0.2) is 16.6 Å². The Hall–Kier alpha value is -1.35. The highest BCUT2D eigenvalue weighted by Gasteiger charge is 2.26. The number of hydrogen-bond acceptors (Lipinski definition) is 4. The Morgan fingerprint density at radius 2 is 2.04 bits per heavy atom. The van der Waals surface area contributed by atoms with Crippen LogP contribution in [0.25, 0.3) is 10.1 Å². The van der Waals surface area contributed by atoms with E-state index in [0.717, 1.165) is 17.4 Å². The first-order valence-corrected chi connectivity index (χ1v) is 8.04. The Balaban J connectivity index is 2.28. The predicted molar refractivity (Wildman–Crippen MR) is 81.6 cm³/mol. The van der Waals surface area contributed by atoms with Crippen molar-refractivity contribution in [3.63, 3.8) is 0 Å². The molecular formula is C14H11BrF4O3S. The summed E-state index contributed by atoms with van der Waals surface area (Å²) in [6.07, 6.45) is -5.57. The van der Waals surface area contributed by atoms with Crippen LogP contribution in [0.1, 0.15) is 22.5 Å². The van der Waals surface area contributed by atoms with Gasteiger partial charge in [-0.3, -0.25) is 0 Å². The van der Waals surface area contributed by atoms with Crippen LogP contribution in [-0.4, -0.2) is 25.9 Å². The minimum absolute atomic E-state index is 0.162. The molecule has 0 aliphatic rings. The van der Waals surface area contributed by atoms with Gasteiger partial charge in [0.25, 0.3) is 0 Å². The number of esters is 1. The number of rotatable bonds is 5. The molecule has 0 saturated carbocycles. The van der Waals surface area contributed by atoms with E-state index < -0.39 is 24.4 Å². The van der Waals surface area contributed by atoms with Gasteiger partial charge in [0.15, 0.2) is 11.6 Å². The fraction of sp³-hybridized carbons (Fsp3) is 0.357. The lowest BCUT2D eigenvalue weighted by Gasteiger charge is -2.09. The number of fused-ring (bicyclic) bond motifs is 1. The van der Waals surface area contributed by atoms with Gasteiger partial charge in [0.2, 0.25) is 0 Å². The molecule has 0 aliphatic carbocycles. The Kier molecular flexibility index (Phi) is 5.51. The molecular weight excluding hydrogens is 404 g/mol. The van der Waals surface area contributed by atoms with Crippen LogP contribution in [-0.2, 0) is 4.74 Å². The van der Waals surface area contributed by atoms with E-state index in [1.807, 2.05) is 0 Å². The third-order valence-corrected chi connectivity index (χ3v) is 5.20. The van der Waals surface area contributed by atoms with Crippen LogP contribution in [0.3, 0.4) is 0 Å². The number of carbonyl (C=O) groups excluding carboxylic acids is 1. The van der Waals surface area contributed by atoms with Crippen molar-refractivity contribution < 1.29 is 31.8 Å². The van der Waals surface area contributed by atoms with Crippen LogP contribution in [0.5, 0.6) is 5.75 Å². The predicted octanol–water partition coefficient (Wildman–Crippen LogP) is 5.31. The number of alkyl halides is 3. The number of hydrogen-bond donors (Lipinski definition) is 0. The summed E-state index contributed by atoms with van der Waals surface area (Å²) >= 11 is 4.20. The summed E-state index contributed by atoms with van der Waals surface area (Å²) in [6.45, 7) is -0.279. The second kappa shape index (κ2) is 7.04. The molecule has 3 nitrogen and oxygen atoms in total. The molecule has 0 N–H and O–H groups in total. The molecule has 0 fully saturated rings. The molecule has 2 aromatic rings. The van der Waals surface area contributed by atoms with Crippen LogP contribution < -0.4 is 4.74 Å². The van der Waals surface area contributed by atoms with Crippen LogP contribution in [0.4, 0.5) is 17.6 Å². The Labute approximate surface area is 141 Å². The van der Waals surface area contributed by atoms with Crippen molar-refractivity contribution in [2.24, 2.45) is 0 Å². The SMILES string of the molecule is COC(=O)c1sc2c(OCCCC(F)(F)F)c(F)ccc2c1Br. The molecule has 126 valence electrons. The molecule has 0 aliphatic heterocycles. The zero-order valence-electron chi connectivity index (χ0n) is 11.8. The number of methoxy groups -OCH3 is 1. The monoisotopic (exact) mass is 414 g/mol. The van der Waals surface area contributed by atoms with E-state index in [1.54, 1.807) is 0 Å². The number of benzene rings is 1. The van der Waals surface area contributed by atoms with Crippen molar-refractivity contribution in [2.45, 2.75) is 19.0 Å². The van der Waals surface area contributed by atoms with Crippen LogP contribution in [0.2, 0.25) is 0 Å². The van der Waals surface area contributed by atoms with Crippen molar-refractivity contribution in [2.75, 3.05) is 13.7 Å². The maximum Gasteiger partial charge on any atom is 0.389 e. The molecule has 0 radical (unpaired) electrons. The van der Waals surface area contributed by atoms with Crippen LogP contribution in [0, 0.1) is 5.82 Å². The minimum Gasteiger partial charge on any atom is -0.489 e. The van der Waals surface area contributed by atoms with Gasteiger partial charge < -0.3 is 9.47 Å². The molecule has 0 bridgehead atoms. The van der Waals surface area contributed by atoms with E-state index in [1.165, 1.54) is 13.2 Å². The minimum atomic E-state index is -4.28. The van der Waals surface area contributed by atoms with E-state index in [0.29, 0.717) is 14.6 Å². The van der Waals surface area contributed by atoms with E-state index in [2.05, 4.69) is 20.7 Å². The third kappa shape index (κ3) is 4.14. The summed E-state index contributed by atoms with van der Waals surface area (Å²) in [6, 6.07) is 2.60. The highest BCUT2D eigenvalue weighted by Crippen LogP contribution is 2.42. The molecule has 0 spiro atoms. The van der Waals surface area contributed by atoms with Gasteiger partial charge in [0.05, 0.1) is 22.9 Å². The molecule has 23 heavy (non-hydrogen) atoms. The van der Waals surface area contributed by atoms with Gasteiger partial charge in [-0.25, -0.2) is 9.18 Å². The van der Waals surface area contributed by atoms with Gasteiger partial charge in [-0.2, -0.15) is 13.2 Å². The second-order valence-corrected chi connectivity index (χ2v) is 6.37. The maximum absolute atomic E-state index is 13.9. The topological polar surface area (TPSA) is 35.5 Å². The summed E-state index contributed by atoms with van der Waals surface area (Å²) in [7, 11) is 1.22. The summed E-state index contributed by atoms with van der Waals surface area (Å²) in [5.41, 5.74) is 0. The Bertz CT molecular complexity index is 727. The average molecular weight is 415 g/mol. The van der Waals surface area contributed by atoms with E-state index in [-0.39, 0.29) is 23.7 Å². The highest BCUT2D eigenvalue weighted by atomic mass is 79.9. The van der Waals surface area contributed by atoms with Gasteiger partial charge >= 0.3 is 12.1 Å². The zero-order chi connectivity index (χ0) is 17.2. The number of ether oxygens (including phenoxy) is 2. The van der Waals surface area contributed by atoms with Crippen LogP contribution >= 0.6 is 27.3 Å². The molecule has 0 unspecified atom stereocenters. The zero-order valence-corrected chi connectivity index (χ0v) is 14.2. The molecule has 9 heteroatoms. The Morgan fingerprint density at radius 1 is 1.35 bits per heavy atom. The van der Waals surface area contributed by atoms with Gasteiger partial charge in [-0.1, -0.05) is 0 Å². The molecule has 0 atom stereocenters. The molecule has 0 amide bonds. The van der Waals surface area contributed by atoms with Gasteiger partial charge in [-0.15, -0.1) is 11.3 Å². The van der Waals surface area contributed by atoms with Crippen molar-refractivity contribution in [1.29, 1.82) is 0 Å². The standard InChI is InChI=1S/C14H11BrF4O3S/c1-21-13(20)12-9(15)7-3-4-8(16)10(11(7)23-12)22-6-2-5-14(17,18)19/h3-4H,2,5-6H2,1H3.